The molecule has 1 unspecified atom stereocenters. The van der Waals surface area contributed by atoms with E-state index in [1.165, 1.54) is 11.2 Å². The Morgan fingerprint density at radius 1 is 1.05 bits per heavy atom. The number of oxime groups is 1. The number of amides is 4. The summed E-state index contributed by atoms with van der Waals surface area (Å²) in [6, 6.07) is 14.9. The van der Waals surface area contributed by atoms with Crippen molar-refractivity contribution in [2.75, 3.05) is 13.2 Å². The molecule has 0 aliphatic carbocycles. The molecule has 41 heavy (non-hydrogen) atoms. The van der Waals surface area contributed by atoms with Crippen LogP contribution in [0.1, 0.15) is 48.0 Å². The van der Waals surface area contributed by atoms with Gasteiger partial charge in [-0.2, -0.15) is 0 Å². The number of rotatable bonds is 11. The summed E-state index contributed by atoms with van der Waals surface area (Å²) >= 11 is 0. The second kappa shape index (κ2) is 14.1. The van der Waals surface area contributed by atoms with Crippen molar-refractivity contribution in [1.29, 1.82) is 0 Å². The average molecular weight is 564 g/mol. The zero-order valence-electron chi connectivity index (χ0n) is 22.5. The zero-order chi connectivity index (χ0) is 29.2. The largest absolute Gasteiger partial charge is 0.481 e. The molecular weight excluding hydrogens is 530 g/mol. The minimum Gasteiger partial charge on any atom is -0.481 e. The van der Waals surface area contributed by atoms with Crippen molar-refractivity contribution in [3.63, 3.8) is 0 Å². The molecule has 216 valence electrons. The molecule has 0 radical (unpaired) electrons. The molecule has 2 saturated heterocycles. The maximum atomic E-state index is 13.6. The third-order valence-electron chi connectivity index (χ3n) is 6.87. The fraction of sp³-hybridized carbons (Fsp3) is 0.379. The number of carbonyl (C=O) groups is 5. The number of benzene rings is 2. The molecule has 2 aliphatic heterocycles. The SMILES string of the molecule is O=C(O)C[C@@H](C=NOCCc1ccccc1)NC(=O)[C@@H]1CCCN2C(=O)CCC(NC(=O)c3ccccc3)C(=O)N12. The van der Waals surface area contributed by atoms with Crippen molar-refractivity contribution in [1.82, 2.24) is 20.7 Å². The first kappa shape index (κ1) is 29.2. The molecule has 0 saturated carbocycles. The molecule has 2 heterocycles. The van der Waals surface area contributed by atoms with E-state index in [9.17, 15) is 29.1 Å². The number of carbonyl (C=O) groups excluding carboxylic acids is 4. The van der Waals surface area contributed by atoms with Gasteiger partial charge in [0.15, 0.2) is 0 Å². The minimum atomic E-state index is -1.17. The van der Waals surface area contributed by atoms with E-state index in [4.69, 9.17) is 4.84 Å². The van der Waals surface area contributed by atoms with E-state index in [2.05, 4.69) is 15.8 Å². The second-order valence-electron chi connectivity index (χ2n) is 9.82. The highest BCUT2D eigenvalue weighted by Gasteiger charge is 2.44. The lowest BCUT2D eigenvalue weighted by atomic mass is 10.0. The highest BCUT2D eigenvalue weighted by atomic mass is 16.6. The summed E-state index contributed by atoms with van der Waals surface area (Å²) in [4.78, 5) is 69.4. The van der Waals surface area contributed by atoms with Crippen LogP contribution in [0.25, 0.3) is 0 Å². The number of hydrogen-bond donors (Lipinski definition) is 3. The van der Waals surface area contributed by atoms with Gasteiger partial charge in [0.2, 0.25) is 11.8 Å². The van der Waals surface area contributed by atoms with E-state index in [1.54, 1.807) is 30.3 Å². The van der Waals surface area contributed by atoms with Crippen LogP contribution in [0, 0.1) is 0 Å². The summed E-state index contributed by atoms with van der Waals surface area (Å²) in [5.41, 5.74) is 1.41. The number of nitrogens with one attached hydrogen (secondary N) is 2. The lowest BCUT2D eigenvalue weighted by Crippen LogP contribution is -2.64. The molecule has 3 atom stereocenters. The summed E-state index contributed by atoms with van der Waals surface area (Å²) < 4.78 is 0. The van der Waals surface area contributed by atoms with Gasteiger partial charge >= 0.3 is 5.97 Å². The number of fused-ring (bicyclic) bond motifs is 1. The molecule has 4 amide bonds. The van der Waals surface area contributed by atoms with E-state index in [-0.39, 0.29) is 38.3 Å². The number of aliphatic carboxylic acids is 1. The molecule has 4 rings (SSSR count). The minimum absolute atomic E-state index is 0.0188. The molecule has 2 aromatic carbocycles. The third-order valence-corrected chi connectivity index (χ3v) is 6.87. The summed E-state index contributed by atoms with van der Waals surface area (Å²) in [7, 11) is 0. The molecule has 2 aliphatic rings. The van der Waals surface area contributed by atoms with Crippen LogP contribution >= 0.6 is 0 Å². The topological polar surface area (TPSA) is 158 Å². The van der Waals surface area contributed by atoms with Gasteiger partial charge in [0.1, 0.15) is 18.7 Å². The summed E-state index contributed by atoms with van der Waals surface area (Å²) in [6.45, 7) is 0.509. The van der Waals surface area contributed by atoms with Crippen LogP contribution in [0.3, 0.4) is 0 Å². The Balaban J connectivity index is 1.43. The van der Waals surface area contributed by atoms with Gasteiger partial charge in [-0.3, -0.25) is 29.0 Å². The molecule has 0 spiro atoms. The molecule has 2 aromatic rings. The van der Waals surface area contributed by atoms with Crippen LogP contribution in [0.4, 0.5) is 0 Å². The first-order valence-electron chi connectivity index (χ1n) is 13.5. The Labute approximate surface area is 237 Å². The van der Waals surface area contributed by atoms with Crippen molar-refractivity contribution in [2.24, 2.45) is 5.16 Å². The van der Waals surface area contributed by atoms with Gasteiger partial charge in [0, 0.05) is 24.9 Å². The average Bonchev–Trinajstić information content (AvgIpc) is 3.09. The van der Waals surface area contributed by atoms with Gasteiger partial charge in [0.05, 0.1) is 18.7 Å². The van der Waals surface area contributed by atoms with Gasteiger partial charge in [-0.1, -0.05) is 53.7 Å². The summed E-state index contributed by atoms with van der Waals surface area (Å²) in [6.07, 6.45) is 2.17. The fourth-order valence-corrected chi connectivity index (χ4v) is 4.82. The fourth-order valence-electron chi connectivity index (χ4n) is 4.82. The smallest absolute Gasteiger partial charge is 0.305 e. The van der Waals surface area contributed by atoms with E-state index in [0.29, 0.717) is 18.4 Å². The maximum absolute atomic E-state index is 13.6. The van der Waals surface area contributed by atoms with Crippen molar-refractivity contribution in [3.05, 3.63) is 71.8 Å². The summed E-state index contributed by atoms with van der Waals surface area (Å²) in [5, 5.41) is 20.9. The first-order chi connectivity index (χ1) is 19.8. The lowest BCUT2D eigenvalue weighted by molar-refractivity contribution is -0.176. The lowest BCUT2D eigenvalue weighted by Gasteiger charge is -2.43. The Kier molecular flexibility index (Phi) is 10.0. The van der Waals surface area contributed by atoms with Gasteiger partial charge in [0.25, 0.3) is 11.8 Å². The van der Waals surface area contributed by atoms with Gasteiger partial charge in [-0.05, 0) is 37.0 Å². The van der Waals surface area contributed by atoms with Gasteiger partial charge < -0.3 is 20.6 Å². The van der Waals surface area contributed by atoms with E-state index in [1.807, 2.05) is 30.3 Å². The Morgan fingerprint density at radius 2 is 1.76 bits per heavy atom. The van der Waals surface area contributed by atoms with E-state index in [0.717, 1.165) is 10.6 Å². The van der Waals surface area contributed by atoms with E-state index >= 15 is 0 Å². The number of nitrogens with zero attached hydrogens (tertiary/aromatic N) is 3. The number of hydrogen-bond acceptors (Lipinski definition) is 7. The molecule has 12 heteroatoms. The van der Waals surface area contributed by atoms with Crippen molar-refractivity contribution in [3.8, 4) is 0 Å². The first-order valence-corrected chi connectivity index (χ1v) is 13.5. The monoisotopic (exact) mass is 563 g/mol. The molecular formula is C29H33N5O7. The van der Waals surface area contributed by atoms with Gasteiger partial charge in [-0.25, -0.2) is 5.01 Å². The van der Waals surface area contributed by atoms with Crippen molar-refractivity contribution < 1.29 is 33.9 Å². The second-order valence-corrected chi connectivity index (χ2v) is 9.82. The molecule has 0 bridgehead atoms. The molecule has 2 fully saturated rings. The van der Waals surface area contributed by atoms with Crippen LogP contribution in [0.5, 0.6) is 0 Å². The number of carboxylic acid groups (broad SMARTS) is 1. The molecule has 12 nitrogen and oxygen atoms in total. The highest BCUT2D eigenvalue weighted by Crippen LogP contribution is 2.25. The molecule has 3 N–H and O–H groups in total. The number of hydrazine groups is 1. The predicted molar refractivity (Wildman–Crippen MR) is 147 cm³/mol. The predicted octanol–water partition coefficient (Wildman–Crippen LogP) is 1.52. The van der Waals surface area contributed by atoms with Crippen molar-refractivity contribution >= 4 is 35.8 Å². The number of carboxylic acids is 1. The van der Waals surface area contributed by atoms with Crippen LogP contribution in [-0.2, 0) is 30.4 Å². The van der Waals surface area contributed by atoms with Gasteiger partial charge in [-0.15, -0.1) is 0 Å². The highest BCUT2D eigenvalue weighted by molar-refractivity contribution is 6.00. The Morgan fingerprint density at radius 3 is 2.46 bits per heavy atom. The van der Waals surface area contributed by atoms with E-state index < -0.39 is 48.2 Å². The van der Waals surface area contributed by atoms with Crippen molar-refractivity contribution in [2.45, 2.75) is 56.7 Å². The zero-order valence-corrected chi connectivity index (χ0v) is 22.5. The normalized spacial score (nSPS) is 19.7. The maximum Gasteiger partial charge on any atom is 0.305 e. The Hall–Kier alpha value is -4.74. The molecule has 0 aromatic heterocycles. The van der Waals surface area contributed by atoms with Crippen LogP contribution in [-0.4, -0.2) is 82.2 Å². The standard InChI is InChI=1S/C29H33N5O7/c35-25-14-13-23(32-27(38)21-10-5-2-6-11-21)29(40)34-24(12-7-16-33(25)34)28(39)31-22(18-26(36)37)19-30-41-17-15-20-8-3-1-4-9-20/h1-6,8-11,19,22-24H,7,12-18H2,(H,31,39)(H,32,38)(H,36,37)/t22-,23?,24-/m0/s1. The summed E-state index contributed by atoms with van der Waals surface area (Å²) in [5.74, 6) is -3.17. The Bertz CT molecular complexity index is 1270. The van der Waals surface area contributed by atoms with Crippen LogP contribution < -0.4 is 10.6 Å². The third kappa shape index (κ3) is 7.90. The van der Waals surface area contributed by atoms with Crippen LogP contribution in [0.2, 0.25) is 0 Å². The van der Waals surface area contributed by atoms with Crippen LogP contribution in [0.15, 0.2) is 65.8 Å². The quantitative estimate of drug-likeness (QED) is 0.212.